The number of ether oxygens (including phenoxy) is 3. The van der Waals surface area contributed by atoms with Crippen LogP contribution >= 0.6 is 0 Å². The molecule has 2 aromatic rings. The van der Waals surface area contributed by atoms with Crippen LogP contribution in [0.5, 0.6) is 17.2 Å². The molecule has 0 unspecified atom stereocenters. The van der Waals surface area contributed by atoms with E-state index in [9.17, 15) is 4.79 Å². The minimum Gasteiger partial charge on any atom is -0.494 e. The third-order valence-electron chi connectivity index (χ3n) is 2.95. The standard InChI is InChI=1S/C17H18O4/c1-3-20-15-7-4-13(5-8-15)12-21-16-9-6-14(11-18)10-17(16)19-2/h4-11H,3,12H2,1-2H3. The van der Waals surface area contributed by atoms with Gasteiger partial charge in [-0.1, -0.05) is 12.1 Å². The SMILES string of the molecule is CCOc1ccc(COc2ccc(C=O)cc2OC)cc1. The average molecular weight is 286 g/mol. The third-order valence-corrected chi connectivity index (χ3v) is 2.95. The van der Waals surface area contributed by atoms with E-state index in [1.54, 1.807) is 25.3 Å². The first-order valence-electron chi connectivity index (χ1n) is 6.74. The second kappa shape index (κ2) is 7.33. The molecule has 4 nitrogen and oxygen atoms in total. The molecule has 2 rings (SSSR count). The van der Waals surface area contributed by atoms with Crippen molar-refractivity contribution in [3.8, 4) is 17.2 Å². The first kappa shape index (κ1) is 14.9. The van der Waals surface area contributed by atoms with Crippen LogP contribution in [0.1, 0.15) is 22.8 Å². The lowest BCUT2D eigenvalue weighted by molar-refractivity contribution is 0.112. The topological polar surface area (TPSA) is 44.8 Å². The van der Waals surface area contributed by atoms with Crippen LogP contribution < -0.4 is 14.2 Å². The van der Waals surface area contributed by atoms with Crippen LogP contribution in [-0.4, -0.2) is 20.0 Å². The third kappa shape index (κ3) is 3.99. The fourth-order valence-electron chi connectivity index (χ4n) is 1.89. The molecule has 0 amide bonds. The minimum atomic E-state index is 0.420. The summed E-state index contributed by atoms with van der Waals surface area (Å²) in [6.07, 6.45) is 0.777. The maximum atomic E-state index is 10.7. The van der Waals surface area contributed by atoms with Crippen molar-refractivity contribution in [2.24, 2.45) is 0 Å². The fourth-order valence-corrected chi connectivity index (χ4v) is 1.89. The van der Waals surface area contributed by atoms with Gasteiger partial charge in [-0.05, 0) is 42.8 Å². The van der Waals surface area contributed by atoms with Crippen LogP contribution in [0.15, 0.2) is 42.5 Å². The Kier molecular flexibility index (Phi) is 5.21. The van der Waals surface area contributed by atoms with Gasteiger partial charge in [0.2, 0.25) is 0 Å². The molecule has 0 atom stereocenters. The van der Waals surface area contributed by atoms with Crippen molar-refractivity contribution in [2.45, 2.75) is 13.5 Å². The van der Waals surface area contributed by atoms with E-state index in [0.717, 1.165) is 17.6 Å². The molecule has 4 heteroatoms. The van der Waals surface area contributed by atoms with Gasteiger partial charge in [0.1, 0.15) is 18.6 Å². The molecule has 0 fully saturated rings. The first-order chi connectivity index (χ1) is 10.3. The second-order valence-electron chi connectivity index (χ2n) is 4.39. The lowest BCUT2D eigenvalue weighted by atomic mass is 10.2. The summed E-state index contributed by atoms with van der Waals surface area (Å²) in [7, 11) is 1.55. The number of hydrogen-bond acceptors (Lipinski definition) is 4. The van der Waals surface area contributed by atoms with E-state index in [0.29, 0.717) is 30.3 Å². The van der Waals surface area contributed by atoms with Crippen molar-refractivity contribution < 1.29 is 19.0 Å². The molecular formula is C17H18O4. The van der Waals surface area contributed by atoms with Crippen LogP contribution in [0, 0.1) is 0 Å². The summed E-state index contributed by atoms with van der Waals surface area (Å²) in [4.78, 5) is 10.7. The molecule has 0 radical (unpaired) electrons. The van der Waals surface area contributed by atoms with Gasteiger partial charge in [0, 0.05) is 5.56 Å². The summed E-state index contributed by atoms with van der Waals surface area (Å²) < 4.78 is 16.3. The highest BCUT2D eigenvalue weighted by atomic mass is 16.5. The molecule has 0 aliphatic carbocycles. The minimum absolute atomic E-state index is 0.420. The highest BCUT2D eigenvalue weighted by Crippen LogP contribution is 2.28. The van der Waals surface area contributed by atoms with E-state index in [1.165, 1.54) is 0 Å². The molecule has 0 aromatic heterocycles. The van der Waals surface area contributed by atoms with Crippen LogP contribution in [0.3, 0.4) is 0 Å². The zero-order valence-electron chi connectivity index (χ0n) is 12.2. The zero-order valence-corrected chi connectivity index (χ0v) is 12.2. The predicted octanol–water partition coefficient (Wildman–Crippen LogP) is 3.49. The number of aldehydes is 1. The Balaban J connectivity index is 2.03. The number of carbonyl (C=O) groups is 1. The lowest BCUT2D eigenvalue weighted by Gasteiger charge is -2.11. The summed E-state index contributed by atoms with van der Waals surface area (Å²) >= 11 is 0. The molecule has 0 saturated carbocycles. The normalized spacial score (nSPS) is 10.0. The molecule has 0 spiro atoms. The summed E-state index contributed by atoms with van der Waals surface area (Å²) in [5.41, 5.74) is 1.58. The molecule has 0 heterocycles. The largest absolute Gasteiger partial charge is 0.494 e. The van der Waals surface area contributed by atoms with Crippen LogP contribution in [0.2, 0.25) is 0 Å². The van der Waals surface area contributed by atoms with Gasteiger partial charge < -0.3 is 14.2 Å². The second-order valence-corrected chi connectivity index (χ2v) is 4.39. The van der Waals surface area contributed by atoms with Crippen molar-refractivity contribution in [3.63, 3.8) is 0 Å². The van der Waals surface area contributed by atoms with E-state index in [-0.39, 0.29) is 0 Å². The average Bonchev–Trinajstić information content (AvgIpc) is 2.54. The van der Waals surface area contributed by atoms with Gasteiger partial charge in [-0.2, -0.15) is 0 Å². The van der Waals surface area contributed by atoms with Crippen LogP contribution in [-0.2, 0) is 6.61 Å². The van der Waals surface area contributed by atoms with Crippen molar-refractivity contribution in [2.75, 3.05) is 13.7 Å². The molecule has 2 aromatic carbocycles. The molecule has 0 N–H and O–H groups in total. The van der Waals surface area contributed by atoms with E-state index < -0.39 is 0 Å². The Bertz CT molecular complexity index is 590. The van der Waals surface area contributed by atoms with Gasteiger partial charge in [0.25, 0.3) is 0 Å². The van der Waals surface area contributed by atoms with Crippen molar-refractivity contribution in [3.05, 3.63) is 53.6 Å². The summed E-state index contributed by atoms with van der Waals surface area (Å²) in [5, 5.41) is 0. The fraction of sp³-hybridized carbons (Fsp3) is 0.235. The van der Waals surface area contributed by atoms with Crippen molar-refractivity contribution in [1.82, 2.24) is 0 Å². The number of carbonyl (C=O) groups excluding carboxylic acids is 1. The molecule has 0 saturated heterocycles. The van der Waals surface area contributed by atoms with Gasteiger partial charge in [-0.25, -0.2) is 0 Å². The van der Waals surface area contributed by atoms with E-state index >= 15 is 0 Å². The Morgan fingerprint density at radius 3 is 2.38 bits per heavy atom. The zero-order chi connectivity index (χ0) is 15.1. The van der Waals surface area contributed by atoms with Crippen molar-refractivity contribution >= 4 is 6.29 Å². The van der Waals surface area contributed by atoms with Crippen molar-refractivity contribution in [1.29, 1.82) is 0 Å². The summed E-state index contributed by atoms with van der Waals surface area (Å²) in [6, 6.07) is 12.8. The summed E-state index contributed by atoms with van der Waals surface area (Å²) in [5.74, 6) is 2.00. The predicted molar refractivity (Wildman–Crippen MR) is 80.3 cm³/mol. The molecular weight excluding hydrogens is 268 g/mol. The van der Waals surface area contributed by atoms with Gasteiger partial charge in [0.05, 0.1) is 13.7 Å². The number of hydrogen-bond donors (Lipinski definition) is 0. The maximum absolute atomic E-state index is 10.7. The molecule has 0 bridgehead atoms. The monoisotopic (exact) mass is 286 g/mol. The Morgan fingerprint density at radius 1 is 1.00 bits per heavy atom. The molecule has 0 aliphatic heterocycles. The highest BCUT2D eigenvalue weighted by molar-refractivity contribution is 5.76. The Morgan fingerprint density at radius 2 is 1.76 bits per heavy atom. The number of methoxy groups -OCH3 is 1. The van der Waals surface area contributed by atoms with Crippen LogP contribution in [0.25, 0.3) is 0 Å². The number of benzene rings is 2. The lowest BCUT2D eigenvalue weighted by Crippen LogP contribution is -1.99. The quantitative estimate of drug-likeness (QED) is 0.731. The van der Waals surface area contributed by atoms with Crippen LogP contribution in [0.4, 0.5) is 0 Å². The van der Waals surface area contributed by atoms with Gasteiger partial charge in [-0.15, -0.1) is 0 Å². The van der Waals surface area contributed by atoms with E-state index in [4.69, 9.17) is 14.2 Å². The van der Waals surface area contributed by atoms with Gasteiger partial charge in [-0.3, -0.25) is 4.79 Å². The highest BCUT2D eigenvalue weighted by Gasteiger charge is 2.06. The Hall–Kier alpha value is -2.49. The summed E-state index contributed by atoms with van der Waals surface area (Å²) in [6.45, 7) is 3.02. The molecule has 0 aliphatic rings. The Labute approximate surface area is 124 Å². The van der Waals surface area contributed by atoms with E-state index in [2.05, 4.69) is 0 Å². The molecule has 21 heavy (non-hydrogen) atoms. The maximum Gasteiger partial charge on any atom is 0.161 e. The first-order valence-corrected chi connectivity index (χ1v) is 6.74. The number of rotatable bonds is 7. The van der Waals surface area contributed by atoms with Gasteiger partial charge in [0.15, 0.2) is 11.5 Å². The van der Waals surface area contributed by atoms with Gasteiger partial charge >= 0.3 is 0 Å². The molecule has 110 valence electrons. The smallest absolute Gasteiger partial charge is 0.161 e. The van der Waals surface area contributed by atoms with E-state index in [1.807, 2.05) is 31.2 Å².